The van der Waals surface area contributed by atoms with Gasteiger partial charge in [0.1, 0.15) is 0 Å². The van der Waals surface area contributed by atoms with Crippen molar-refractivity contribution in [1.29, 1.82) is 0 Å². The van der Waals surface area contributed by atoms with Gasteiger partial charge in [0.05, 0.1) is 25.9 Å². The molecule has 0 bridgehead atoms. The largest absolute Gasteiger partial charge is 0.383 e. The second-order valence-electron chi connectivity index (χ2n) is 7.10. The van der Waals surface area contributed by atoms with Crippen molar-refractivity contribution in [3.63, 3.8) is 0 Å². The molecule has 2 heterocycles. The van der Waals surface area contributed by atoms with Crippen LogP contribution < -0.4 is 10.6 Å². The predicted octanol–water partition coefficient (Wildman–Crippen LogP) is 0.704. The number of nitrogens with one attached hydrogen (secondary N) is 2. The zero-order valence-corrected chi connectivity index (χ0v) is 16.1. The molecule has 0 saturated carbocycles. The van der Waals surface area contributed by atoms with Crippen LogP contribution in [-0.4, -0.2) is 89.8 Å². The molecule has 0 aliphatic carbocycles. The van der Waals surface area contributed by atoms with Gasteiger partial charge in [-0.2, -0.15) is 0 Å². The first-order valence-electron chi connectivity index (χ1n) is 9.59. The molecule has 146 valence electrons. The van der Waals surface area contributed by atoms with Crippen LogP contribution in [0.15, 0.2) is 4.99 Å². The third-order valence-corrected chi connectivity index (χ3v) is 4.95. The van der Waals surface area contributed by atoms with Crippen LogP contribution in [0.4, 0.5) is 0 Å². The Bertz CT molecular complexity index is 381. The Hall–Kier alpha value is -0.890. The van der Waals surface area contributed by atoms with Crippen LogP contribution in [0.25, 0.3) is 0 Å². The summed E-state index contributed by atoms with van der Waals surface area (Å²) in [4.78, 5) is 6.82. The molecule has 2 N–H and O–H groups in total. The van der Waals surface area contributed by atoms with Crippen molar-refractivity contribution in [2.75, 3.05) is 66.8 Å². The molecule has 7 heteroatoms. The van der Waals surface area contributed by atoms with Crippen LogP contribution in [0.2, 0.25) is 0 Å². The van der Waals surface area contributed by atoms with E-state index in [2.05, 4.69) is 27.4 Å². The van der Waals surface area contributed by atoms with E-state index < -0.39 is 0 Å². The maximum Gasteiger partial charge on any atom is 0.191 e. The highest BCUT2D eigenvalue weighted by Crippen LogP contribution is 2.16. The number of aliphatic imine (C=N–C) groups is 1. The van der Waals surface area contributed by atoms with Crippen molar-refractivity contribution < 1.29 is 14.2 Å². The van der Waals surface area contributed by atoms with Gasteiger partial charge < -0.3 is 29.7 Å². The smallest absolute Gasteiger partial charge is 0.191 e. The fraction of sp³-hybridized carbons (Fsp3) is 0.944. The molecule has 0 aromatic heterocycles. The van der Waals surface area contributed by atoms with Gasteiger partial charge in [0.15, 0.2) is 5.96 Å². The summed E-state index contributed by atoms with van der Waals surface area (Å²) in [6, 6.07) is 0.225. The molecule has 0 spiro atoms. The molecule has 2 saturated heterocycles. The first-order valence-corrected chi connectivity index (χ1v) is 9.59. The molecule has 25 heavy (non-hydrogen) atoms. The van der Waals surface area contributed by atoms with E-state index in [0.29, 0.717) is 12.5 Å². The van der Waals surface area contributed by atoms with Gasteiger partial charge in [-0.1, -0.05) is 0 Å². The maximum atomic E-state index is 5.86. The zero-order valence-electron chi connectivity index (χ0n) is 16.1. The number of ether oxygens (including phenoxy) is 3. The van der Waals surface area contributed by atoms with Crippen molar-refractivity contribution >= 4 is 5.96 Å². The van der Waals surface area contributed by atoms with Crippen LogP contribution >= 0.6 is 0 Å². The molecule has 0 radical (unpaired) electrons. The highest BCUT2D eigenvalue weighted by molar-refractivity contribution is 5.79. The first kappa shape index (κ1) is 20.4. The number of hydrogen-bond acceptors (Lipinski definition) is 5. The summed E-state index contributed by atoms with van der Waals surface area (Å²) >= 11 is 0. The van der Waals surface area contributed by atoms with Gasteiger partial charge in [-0.3, -0.25) is 4.99 Å². The van der Waals surface area contributed by atoms with Crippen LogP contribution in [0.1, 0.15) is 26.2 Å². The monoisotopic (exact) mass is 356 g/mol. The number of rotatable bonds is 9. The summed E-state index contributed by atoms with van der Waals surface area (Å²) in [7, 11) is 3.59. The third-order valence-electron chi connectivity index (χ3n) is 4.95. The van der Waals surface area contributed by atoms with Crippen LogP contribution in [0.3, 0.4) is 0 Å². The molecule has 2 fully saturated rings. The molecule has 2 unspecified atom stereocenters. The Balaban J connectivity index is 1.58. The minimum atomic E-state index is 0.225. The topological polar surface area (TPSA) is 67.4 Å². The average molecular weight is 357 g/mol. The maximum absolute atomic E-state index is 5.86. The van der Waals surface area contributed by atoms with Crippen molar-refractivity contribution in [2.45, 2.75) is 38.3 Å². The zero-order chi connectivity index (χ0) is 17.9. The predicted molar refractivity (Wildman–Crippen MR) is 100 cm³/mol. The van der Waals surface area contributed by atoms with Gasteiger partial charge in [-0.15, -0.1) is 0 Å². The van der Waals surface area contributed by atoms with Gasteiger partial charge >= 0.3 is 0 Å². The molecular formula is C18H36N4O3. The van der Waals surface area contributed by atoms with Crippen LogP contribution in [0, 0.1) is 5.92 Å². The van der Waals surface area contributed by atoms with Crippen molar-refractivity contribution in [2.24, 2.45) is 10.9 Å². The minimum Gasteiger partial charge on any atom is -0.383 e. The molecule has 0 amide bonds. The third kappa shape index (κ3) is 7.90. The van der Waals surface area contributed by atoms with Gasteiger partial charge in [0, 0.05) is 39.9 Å². The Morgan fingerprint density at radius 1 is 1.32 bits per heavy atom. The van der Waals surface area contributed by atoms with E-state index in [1.807, 2.05) is 7.05 Å². The Morgan fingerprint density at radius 2 is 2.12 bits per heavy atom. The first-order chi connectivity index (χ1) is 12.2. The standard InChI is InChI=1S/C18H36N4O3/c1-15(13-25-17-6-10-24-14-17)21-18(19-2)20-12-16-4-7-22(8-5-16)9-11-23-3/h15-17H,4-14H2,1-3H3,(H2,19,20,21). The lowest BCUT2D eigenvalue weighted by Crippen LogP contribution is -2.47. The summed E-state index contributed by atoms with van der Waals surface area (Å²) in [6.45, 7) is 9.51. The number of methoxy groups -OCH3 is 1. The summed E-state index contributed by atoms with van der Waals surface area (Å²) in [5.41, 5.74) is 0. The van der Waals surface area contributed by atoms with E-state index >= 15 is 0 Å². The lowest BCUT2D eigenvalue weighted by atomic mass is 9.97. The number of piperidine rings is 1. The molecule has 2 aliphatic rings. The molecule has 0 aromatic rings. The fourth-order valence-electron chi connectivity index (χ4n) is 3.27. The second-order valence-corrected chi connectivity index (χ2v) is 7.10. The molecule has 2 rings (SSSR count). The van der Waals surface area contributed by atoms with E-state index in [-0.39, 0.29) is 12.1 Å². The lowest BCUT2D eigenvalue weighted by Gasteiger charge is -2.32. The van der Waals surface area contributed by atoms with Crippen molar-refractivity contribution in [1.82, 2.24) is 15.5 Å². The Labute approximate surface area is 152 Å². The molecular weight excluding hydrogens is 320 g/mol. The van der Waals surface area contributed by atoms with E-state index in [4.69, 9.17) is 14.2 Å². The Morgan fingerprint density at radius 3 is 2.76 bits per heavy atom. The van der Waals surface area contributed by atoms with Gasteiger partial charge in [-0.05, 0) is 45.2 Å². The van der Waals surface area contributed by atoms with E-state index in [1.54, 1.807) is 7.11 Å². The van der Waals surface area contributed by atoms with Crippen molar-refractivity contribution in [3.05, 3.63) is 0 Å². The van der Waals surface area contributed by atoms with Crippen LogP contribution in [0.5, 0.6) is 0 Å². The van der Waals surface area contributed by atoms with Gasteiger partial charge in [0.2, 0.25) is 0 Å². The van der Waals surface area contributed by atoms with E-state index in [0.717, 1.165) is 58.4 Å². The highest BCUT2D eigenvalue weighted by atomic mass is 16.5. The van der Waals surface area contributed by atoms with E-state index in [9.17, 15) is 0 Å². The van der Waals surface area contributed by atoms with Crippen molar-refractivity contribution in [3.8, 4) is 0 Å². The minimum absolute atomic E-state index is 0.225. The second kappa shape index (κ2) is 11.7. The normalized spacial score (nSPS) is 24.4. The van der Waals surface area contributed by atoms with Crippen LogP contribution in [-0.2, 0) is 14.2 Å². The molecule has 2 atom stereocenters. The number of hydrogen-bond donors (Lipinski definition) is 2. The fourth-order valence-corrected chi connectivity index (χ4v) is 3.27. The summed E-state index contributed by atoms with van der Waals surface area (Å²) in [5, 5.41) is 6.88. The molecule has 2 aliphatic heterocycles. The summed E-state index contributed by atoms with van der Waals surface area (Å²) in [6.07, 6.45) is 3.72. The number of nitrogens with zero attached hydrogens (tertiary/aromatic N) is 2. The van der Waals surface area contributed by atoms with E-state index in [1.165, 1.54) is 12.8 Å². The lowest BCUT2D eigenvalue weighted by molar-refractivity contribution is 0.0347. The quantitative estimate of drug-likeness (QED) is 0.468. The Kier molecular flexibility index (Phi) is 9.54. The SMILES string of the molecule is CN=C(NCC1CCN(CCOC)CC1)NC(C)COC1CCOC1. The molecule has 7 nitrogen and oxygen atoms in total. The average Bonchev–Trinajstić information content (AvgIpc) is 3.16. The van der Waals surface area contributed by atoms with Gasteiger partial charge in [0.25, 0.3) is 0 Å². The number of likely N-dealkylation sites (tertiary alicyclic amines) is 1. The highest BCUT2D eigenvalue weighted by Gasteiger charge is 2.20. The molecule has 0 aromatic carbocycles. The summed E-state index contributed by atoms with van der Waals surface area (Å²) < 4.78 is 16.4. The summed E-state index contributed by atoms with van der Waals surface area (Å²) in [5.74, 6) is 1.57. The number of guanidine groups is 1. The van der Waals surface area contributed by atoms with Gasteiger partial charge in [-0.25, -0.2) is 0 Å².